The summed E-state index contributed by atoms with van der Waals surface area (Å²) in [5, 5.41) is 25.0. The molecular formula is C10H18N2O3. The number of hydrogen-bond acceptors (Lipinski definition) is 5. The van der Waals surface area contributed by atoms with Crippen LogP contribution in [0.25, 0.3) is 0 Å². The van der Waals surface area contributed by atoms with Crippen LogP contribution in [-0.2, 0) is 6.54 Å². The first-order chi connectivity index (χ1) is 7.09. The fraction of sp³-hybridized carbons (Fsp3) is 0.700. The van der Waals surface area contributed by atoms with Crippen molar-refractivity contribution in [3.63, 3.8) is 0 Å². The lowest BCUT2D eigenvalue weighted by atomic mass is 9.93. The minimum atomic E-state index is -0.487. The van der Waals surface area contributed by atoms with E-state index >= 15 is 0 Å². The highest BCUT2D eigenvalue weighted by atomic mass is 16.5. The van der Waals surface area contributed by atoms with Crippen LogP contribution in [0.15, 0.2) is 10.6 Å². The van der Waals surface area contributed by atoms with Crippen LogP contribution in [0.4, 0.5) is 0 Å². The van der Waals surface area contributed by atoms with E-state index in [1.165, 1.54) is 0 Å². The lowest BCUT2D eigenvalue weighted by molar-refractivity contribution is 0.0694. The highest BCUT2D eigenvalue weighted by molar-refractivity contribution is 5.02. The molecule has 0 bridgehead atoms. The van der Waals surface area contributed by atoms with Crippen LogP contribution in [0.2, 0.25) is 0 Å². The second-order valence-corrected chi connectivity index (χ2v) is 4.16. The van der Waals surface area contributed by atoms with E-state index in [1.54, 1.807) is 0 Å². The molecular weight excluding hydrogens is 196 g/mol. The molecule has 0 aliphatic rings. The summed E-state index contributed by atoms with van der Waals surface area (Å²) in [6, 6.07) is 1.85. The molecule has 0 atom stereocenters. The molecule has 0 saturated heterocycles. The number of aliphatic hydroxyl groups is 2. The molecule has 5 heteroatoms. The highest BCUT2D eigenvalue weighted by Crippen LogP contribution is 2.12. The van der Waals surface area contributed by atoms with Crippen molar-refractivity contribution in [3.8, 4) is 0 Å². The summed E-state index contributed by atoms with van der Waals surface area (Å²) in [7, 11) is 0. The molecule has 0 aliphatic carbocycles. The van der Waals surface area contributed by atoms with Crippen molar-refractivity contribution < 1.29 is 14.7 Å². The topological polar surface area (TPSA) is 78.5 Å². The van der Waals surface area contributed by atoms with Crippen molar-refractivity contribution in [2.45, 2.75) is 20.4 Å². The Morgan fingerprint density at radius 2 is 2.13 bits per heavy atom. The lowest BCUT2D eigenvalue weighted by Crippen LogP contribution is -2.37. The van der Waals surface area contributed by atoms with Gasteiger partial charge in [0.25, 0.3) is 0 Å². The summed E-state index contributed by atoms with van der Waals surface area (Å²) in [5.74, 6) is 0.777. The van der Waals surface area contributed by atoms with E-state index in [0.29, 0.717) is 13.1 Å². The summed E-state index contributed by atoms with van der Waals surface area (Å²) >= 11 is 0. The van der Waals surface area contributed by atoms with Gasteiger partial charge < -0.3 is 20.1 Å². The van der Waals surface area contributed by atoms with E-state index in [9.17, 15) is 0 Å². The van der Waals surface area contributed by atoms with E-state index in [1.807, 2.05) is 19.9 Å². The van der Waals surface area contributed by atoms with Crippen molar-refractivity contribution >= 4 is 0 Å². The number of hydrogen-bond donors (Lipinski definition) is 3. The summed E-state index contributed by atoms with van der Waals surface area (Å²) in [4.78, 5) is 0. The van der Waals surface area contributed by atoms with Gasteiger partial charge in [0.1, 0.15) is 5.76 Å². The maximum atomic E-state index is 9.05. The third-order valence-electron chi connectivity index (χ3n) is 2.30. The zero-order chi connectivity index (χ0) is 11.3. The molecule has 1 aromatic rings. The Bertz CT molecular complexity index is 295. The van der Waals surface area contributed by atoms with Gasteiger partial charge in [-0.15, -0.1) is 0 Å². The highest BCUT2D eigenvalue weighted by Gasteiger charge is 2.21. The quantitative estimate of drug-likeness (QED) is 0.624. The Labute approximate surface area is 89.1 Å². The minimum Gasteiger partial charge on any atom is -0.396 e. The van der Waals surface area contributed by atoms with Gasteiger partial charge in [-0.1, -0.05) is 12.1 Å². The van der Waals surface area contributed by atoms with Gasteiger partial charge in [0.05, 0.1) is 18.9 Å². The molecule has 0 amide bonds. The van der Waals surface area contributed by atoms with Crippen molar-refractivity contribution in [2.24, 2.45) is 5.41 Å². The molecule has 0 radical (unpaired) electrons. The third kappa shape index (κ3) is 3.62. The van der Waals surface area contributed by atoms with Gasteiger partial charge in [-0.3, -0.25) is 0 Å². The summed E-state index contributed by atoms with van der Waals surface area (Å²) in [6.07, 6.45) is 0. The average molecular weight is 214 g/mol. The molecule has 0 aliphatic heterocycles. The maximum Gasteiger partial charge on any atom is 0.133 e. The Hall–Kier alpha value is -0.910. The maximum absolute atomic E-state index is 9.05. The Morgan fingerprint density at radius 3 is 2.60 bits per heavy atom. The van der Waals surface area contributed by atoms with Gasteiger partial charge in [0.15, 0.2) is 0 Å². The molecule has 86 valence electrons. The summed E-state index contributed by atoms with van der Waals surface area (Å²) in [6.45, 7) is 4.66. The van der Waals surface area contributed by atoms with Crippen LogP contribution >= 0.6 is 0 Å². The fourth-order valence-corrected chi connectivity index (χ4v) is 1.16. The van der Waals surface area contributed by atoms with E-state index in [0.717, 1.165) is 11.5 Å². The van der Waals surface area contributed by atoms with Gasteiger partial charge in [-0.2, -0.15) is 0 Å². The first-order valence-corrected chi connectivity index (χ1v) is 4.94. The van der Waals surface area contributed by atoms with E-state index < -0.39 is 5.41 Å². The first-order valence-electron chi connectivity index (χ1n) is 4.94. The second kappa shape index (κ2) is 5.25. The number of rotatable bonds is 6. The largest absolute Gasteiger partial charge is 0.396 e. The van der Waals surface area contributed by atoms with Crippen LogP contribution in [0.5, 0.6) is 0 Å². The second-order valence-electron chi connectivity index (χ2n) is 4.16. The Balaban J connectivity index is 2.32. The smallest absolute Gasteiger partial charge is 0.133 e. The molecule has 0 unspecified atom stereocenters. The van der Waals surface area contributed by atoms with Crippen LogP contribution in [0, 0.1) is 12.3 Å². The molecule has 15 heavy (non-hydrogen) atoms. The summed E-state index contributed by atoms with van der Waals surface area (Å²) < 4.78 is 4.91. The molecule has 1 heterocycles. The number of nitrogens with zero attached hydrogens (tertiary/aromatic N) is 1. The normalized spacial score (nSPS) is 12.0. The lowest BCUT2D eigenvalue weighted by Gasteiger charge is -2.24. The number of nitrogens with one attached hydrogen (secondary N) is 1. The fourth-order valence-electron chi connectivity index (χ4n) is 1.16. The molecule has 3 N–H and O–H groups in total. The van der Waals surface area contributed by atoms with Crippen LogP contribution in [-0.4, -0.2) is 35.1 Å². The molecule has 0 fully saturated rings. The minimum absolute atomic E-state index is 0.0473. The van der Waals surface area contributed by atoms with E-state index in [-0.39, 0.29) is 13.2 Å². The standard InChI is InChI=1S/C10H18N2O3/c1-8-3-9(12-15-8)4-11-5-10(2,6-13)7-14/h3,11,13-14H,4-7H2,1-2H3. The molecule has 1 rings (SSSR count). The predicted molar refractivity (Wildman–Crippen MR) is 55.2 cm³/mol. The monoisotopic (exact) mass is 214 g/mol. The van der Waals surface area contributed by atoms with Gasteiger partial charge in [0.2, 0.25) is 0 Å². The molecule has 0 spiro atoms. The van der Waals surface area contributed by atoms with Gasteiger partial charge in [-0.05, 0) is 6.92 Å². The van der Waals surface area contributed by atoms with E-state index in [4.69, 9.17) is 14.7 Å². The van der Waals surface area contributed by atoms with Gasteiger partial charge >= 0.3 is 0 Å². The zero-order valence-electron chi connectivity index (χ0n) is 9.16. The Kier molecular flexibility index (Phi) is 4.26. The SMILES string of the molecule is Cc1cc(CNCC(C)(CO)CO)no1. The molecule has 0 saturated carbocycles. The van der Waals surface area contributed by atoms with Gasteiger partial charge in [-0.25, -0.2) is 0 Å². The number of aliphatic hydroxyl groups excluding tert-OH is 2. The third-order valence-corrected chi connectivity index (χ3v) is 2.30. The Morgan fingerprint density at radius 1 is 1.47 bits per heavy atom. The number of aryl methyl sites for hydroxylation is 1. The number of aromatic nitrogens is 1. The summed E-state index contributed by atoms with van der Waals surface area (Å²) in [5.41, 5.74) is 0.337. The van der Waals surface area contributed by atoms with Crippen LogP contribution in [0.1, 0.15) is 18.4 Å². The van der Waals surface area contributed by atoms with E-state index in [2.05, 4.69) is 10.5 Å². The van der Waals surface area contributed by atoms with Crippen molar-refractivity contribution in [3.05, 3.63) is 17.5 Å². The van der Waals surface area contributed by atoms with Crippen molar-refractivity contribution in [2.75, 3.05) is 19.8 Å². The van der Waals surface area contributed by atoms with Crippen molar-refractivity contribution in [1.82, 2.24) is 10.5 Å². The average Bonchev–Trinajstić information content (AvgIpc) is 2.64. The molecule has 5 nitrogen and oxygen atoms in total. The first kappa shape index (κ1) is 12.2. The zero-order valence-corrected chi connectivity index (χ0v) is 9.16. The van der Waals surface area contributed by atoms with Crippen molar-refractivity contribution in [1.29, 1.82) is 0 Å². The molecule has 1 aromatic heterocycles. The molecule has 0 aromatic carbocycles. The van der Waals surface area contributed by atoms with Gasteiger partial charge in [0, 0.05) is 24.6 Å². The van der Waals surface area contributed by atoms with Crippen LogP contribution in [0.3, 0.4) is 0 Å². The predicted octanol–water partition coefficient (Wildman–Crippen LogP) is 0.0635. The van der Waals surface area contributed by atoms with Crippen LogP contribution < -0.4 is 5.32 Å².